The third kappa shape index (κ3) is 4.20. The van der Waals surface area contributed by atoms with Crippen LogP contribution in [0.5, 0.6) is 0 Å². The summed E-state index contributed by atoms with van der Waals surface area (Å²) in [4.78, 5) is 14.4. The first-order valence-electron chi connectivity index (χ1n) is 8.17. The standard InChI is InChI=1S/C19H22N4O/c1-22(15-16-8-3-2-4-9-16)12-7-11-20-19(24)18-14-17-10-5-6-13-23(17)21-18/h2-6,8-10,13-14H,7,11-12,15H2,1H3,(H,20,24). The van der Waals surface area contributed by atoms with Gasteiger partial charge in [0.05, 0.1) is 5.52 Å². The van der Waals surface area contributed by atoms with E-state index in [1.807, 2.05) is 30.5 Å². The van der Waals surface area contributed by atoms with Gasteiger partial charge in [-0.2, -0.15) is 5.10 Å². The van der Waals surface area contributed by atoms with Crippen molar-refractivity contribution in [3.63, 3.8) is 0 Å². The molecule has 0 spiro atoms. The molecule has 124 valence electrons. The topological polar surface area (TPSA) is 49.6 Å². The molecule has 0 radical (unpaired) electrons. The van der Waals surface area contributed by atoms with Gasteiger partial charge in [-0.25, -0.2) is 4.52 Å². The summed E-state index contributed by atoms with van der Waals surface area (Å²) in [5.74, 6) is -0.121. The van der Waals surface area contributed by atoms with E-state index >= 15 is 0 Å². The van der Waals surface area contributed by atoms with E-state index in [4.69, 9.17) is 0 Å². The van der Waals surface area contributed by atoms with Crippen molar-refractivity contribution >= 4 is 11.4 Å². The van der Waals surface area contributed by atoms with Gasteiger partial charge in [0.1, 0.15) is 0 Å². The van der Waals surface area contributed by atoms with Crippen LogP contribution in [0, 0.1) is 0 Å². The number of aromatic nitrogens is 2. The third-order valence-electron chi connectivity index (χ3n) is 3.90. The monoisotopic (exact) mass is 322 g/mol. The number of fused-ring (bicyclic) bond motifs is 1. The van der Waals surface area contributed by atoms with Crippen molar-refractivity contribution in [2.45, 2.75) is 13.0 Å². The molecule has 24 heavy (non-hydrogen) atoms. The van der Waals surface area contributed by atoms with Crippen molar-refractivity contribution in [3.8, 4) is 0 Å². The summed E-state index contributed by atoms with van der Waals surface area (Å²) in [5.41, 5.74) is 2.68. The van der Waals surface area contributed by atoms with Crippen molar-refractivity contribution < 1.29 is 4.79 Å². The summed E-state index contributed by atoms with van der Waals surface area (Å²) < 4.78 is 1.71. The molecule has 2 aromatic heterocycles. The Morgan fingerprint density at radius 3 is 2.75 bits per heavy atom. The van der Waals surface area contributed by atoms with E-state index in [9.17, 15) is 4.79 Å². The molecule has 2 heterocycles. The average molecular weight is 322 g/mol. The summed E-state index contributed by atoms with van der Waals surface area (Å²) >= 11 is 0. The first-order valence-corrected chi connectivity index (χ1v) is 8.17. The fourth-order valence-corrected chi connectivity index (χ4v) is 2.66. The molecule has 0 saturated carbocycles. The minimum Gasteiger partial charge on any atom is -0.351 e. The molecular formula is C19H22N4O. The zero-order chi connectivity index (χ0) is 16.8. The number of carbonyl (C=O) groups is 1. The van der Waals surface area contributed by atoms with Crippen LogP contribution in [0.1, 0.15) is 22.5 Å². The number of hydrogen-bond acceptors (Lipinski definition) is 3. The molecule has 1 N–H and O–H groups in total. The molecule has 0 atom stereocenters. The lowest BCUT2D eigenvalue weighted by atomic mass is 10.2. The molecule has 1 aromatic carbocycles. The highest BCUT2D eigenvalue weighted by molar-refractivity contribution is 5.93. The normalized spacial score (nSPS) is 11.1. The Labute approximate surface area is 141 Å². The molecule has 5 nitrogen and oxygen atoms in total. The van der Waals surface area contributed by atoms with Gasteiger partial charge in [-0.1, -0.05) is 36.4 Å². The van der Waals surface area contributed by atoms with Crippen LogP contribution in [0.4, 0.5) is 0 Å². The van der Waals surface area contributed by atoms with Gasteiger partial charge in [0, 0.05) is 19.3 Å². The lowest BCUT2D eigenvalue weighted by Gasteiger charge is -2.16. The second kappa shape index (κ2) is 7.75. The SMILES string of the molecule is CN(CCCNC(=O)c1cc2ccccn2n1)Cc1ccccc1. The summed E-state index contributed by atoms with van der Waals surface area (Å²) in [6.45, 7) is 2.49. The number of amides is 1. The van der Waals surface area contributed by atoms with Crippen molar-refractivity contribution in [1.82, 2.24) is 19.8 Å². The minimum atomic E-state index is -0.121. The molecule has 3 rings (SSSR count). The maximum atomic E-state index is 12.1. The quantitative estimate of drug-likeness (QED) is 0.680. The summed E-state index contributed by atoms with van der Waals surface area (Å²) in [6, 6.07) is 17.9. The van der Waals surface area contributed by atoms with Crippen molar-refractivity contribution in [3.05, 3.63) is 72.1 Å². The molecule has 0 saturated heterocycles. The largest absolute Gasteiger partial charge is 0.351 e. The predicted octanol–water partition coefficient (Wildman–Crippen LogP) is 2.59. The van der Waals surface area contributed by atoms with Crippen LogP contribution in [0.3, 0.4) is 0 Å². The Bertz CT molecular complexity index is 764. The van der Waals surface area contributed by atoms with E-state index in [1.54, 1.807) is 10.6 Å². The van der Waals surface area contributed by atoms with E-state index in [0.29, 0.717) is 12.2 Å². The number of rotatable bonds is 7. The smallest absolute Gasteiger partial charge is 0.271 e. The highest BCUT2D eigenvalue weighted by atomic mass is 16.1. The lowest BCUT2D eigenvalue weighted by Crippen LogP contribution is -2.28. The Hall–Kier alpha value is -2.66. The third-order valence-corrected chi connectivity index (χ3v) is 3.90. The average Bonchev–Trinajstić information content (AvgIpc) is 3.04. The van der Waals surface area contributed by atoms with Gasteiger partial charge < -0.3 is 10.2 Å². The molecular weight excluding hydrogens is 300 g/mol. The zero-order valence-corrected chi connectivity index (χ0v) is 13.9. The van der Waals surface area contributed by atoms with Gasteiger partial charge in [0.2, 0.25) is 0 Å². The molecule has 1 amide bonds. The van der Waals surface area contributed by atoms with Crippen LogP contribution in [-0.4, -0.2) is 40.6 Å². The van der Waals surface area contributed by atoms with Gasteiger partial charge in [-0.05, 0) is 43.8 Å². The van der Waals surface area contributed by atoms with Gasteiger partial charge >= 0.3 is 0 Å². The summed E-state index contributed by atoms with van der Waals surface area (Å²) in [6.07, 6.45) is 2.74. The molecule has 0 aliphatic rings. The summed E-state index contributed by atoms with van der Waals surface area (Å²) in [5, 5.41) is 7.21. The van der Waals surface area contributed by atoms with E-state index in [2.05, 4.69) is 46.6 Å². The number of nitrogens with one attached hydrogen (secondary N) is 1. The Kier molecular flexibility index (Phi) is 5.23. The predicted molar refractivity (Wildman–Crippen MR) is 94.9 cm³/mol. The van der Waals surface area contributed by atoms with Crippen LogP contribution in [0.2, 0.25) is 0 Å². The number of pyridine rings is 1. The maximum Gasteiger partial charge on any atom is 0.271 e. The highest BCUT2D eigenvalue weighted by Crippen LogP contribution is 2.06. The van der Waals surface area contributed by atoms with Crippen LogP contribution >= 0.6 is 0 Å². The Morgan fingerprint density at radius 1 is 1.17 bits per heavy atom. The van der Waals surface area contributed by atoms with Crippen molar-refractivity contribution in [1.29, 1.82) is 0 Å². The molecule has 0 aliphatic heterocycles. The molecule has 0 fully saturated rings. The Morgan fingerprint density at radius 2 is 1.96 bits per heavy atom. The number of nitrogens with zero attached hydrogens (tertiary/aromatic N) is 3. The zero-order valence-electron chi connectivity index (χ0n) is 13.9. The van der Waals surface area contributed by atoms with Gasteiger partial charge in [-0.15, -0.1) is 0 Å². The second-order valence-corrected chi connectivity index (χ2v) is 5.93. The van der Waals surface area contributed by atoms with Gasteiger partial charge in [0.15, 0.2) is 5.69 Å². The van der Waals surface area contributed by atoms with E-state index in [0.717, 1.165) is 25.0 Å². The lowest BCUT2D eigenvalue weighted by molar-refractivity contribution is 0.0946. The van der Waals surface area contributed by atoms with Gasteiger partial charge in [-0.3, -0.25) is 4.79 Å². The Balaban J connectivity index is 1.42. The molecule has 0 unspecified atom stereocenters. The van der Waals surface area contributed by atoms with Crippen LogP contribution < -0.4 is 5.32 Å². The molecule has 5 heteroatoms. The van der Waals surface area contributed by atoms with E-state index < -0.39 is 0 Å². The fourth-order valence-electron chi connectivity index (χ4n) is 2.66. The van der Waals surface area contributed by atoms with Crippen LogP contribution in [0.15, 0.2) is 60.8 Å². The van der Waals surface area contributed by atoms with Crippen molar-refractivity contribution in [2.75, 3.05) is 20.1 Å². The first kappa shape index (κ1) is 16.2. The first-order chi connectivity index (χ1) is 11.7. The summed E-state index contributed by atoms with van der Waals surface area (Å²) in [7, 11) is 2.09. The van der Waals surface area contributed by atoms with Crippen LogP contribution in [0.25, 0.3) is 5.52 Å². The van der Waals surface area contributed by atoms with E-state index in [-0.39, 0.29) is 5.91 Å². The molecule has 3 aromatic rings. The number of benzene rings is 1. The number of carbonyl (C=O) groups excluding carboxylic acids is 1. The molecule has 0 bridgehead atoms. The number of hydrogen-bond donors (Lipinski definition) is 1. The second-order valence-electron chi connectivity index (χ2n) is 5.93. The van der Waals surface area contributed by atoms with Crippen LogP contribution in [-0.2, 0) is 6.54 Å². The van der Waals surface area contributed by atoms with E-state index in [1.165, 1.54) is 5.56 Å². The van der Waals surface area contributed by atoms with Gasteiger partial charge in [0.25, 0.3) is 5.91 Å². The highest BCUT2D eigenvalue weighted by Gasteiger charge is 2.10. The fraction of sp³-hybridized carbons (Fsp3) is 0.263. The van der Waals surface area contributed by atoms with Crippen molar-refractivity contribution in [2.24, 2.45) is 0 Å². The maximum absolute atomic E-state index is 12.1. The molecule has 0 aliphatic carbocycles. The minimum absolute atomic E-state index is 0.121.